The van der Waals surface area contributed by atoms with Crippen LogP contribution in [0.25, 0.3) is 11.4 Å². The Morgan fingerprint density at radius 3 is 2.74 bits per heavy atom. The lowest BCUT2D eigenvalue weighted by Gasteiger charge is -2.11. The number of aromatic nitrogens is 3. The van der Waals surface area contributed by atoms with Crippen LogP contribution >= 0.6 is 0 Å². The number of hydrogen-bond acceptors (Lipinski definition) is 6. The average molecular weight is 372 g/mol. The lowest BCUT2D eigenvalue weighted by molar-refractivity contribution is -0.121. The van der Waals surface area contributed by atoms with Crippen LogP contribution < -0.4 is 20.3 Å². The van der Waals surface area contributed by atoms with Crippen molar-refractivity contribution in [2.24, 2.45) is 0 Å². The Kier molecular flexibility index (Phi) is 7.10. The molecule has 2 aromatic rings. The number of H-pyrrole nitrogens is 1. The van der Waals surface area contributed by atoms with Crippen molar-refractivity contribution in [3.05, 3.63) is 46.9 Å². The lowest BCUT2D eigenvalue weighted by Crippen LogP contribution is -2.31. The summed E-state index contributed by atoms with van der Waals surface area (Å²) in [7, 11) is 1.53. The van der Waals surface area contributed by atoms with Gasteiger partial charge < -0.3 is 19.8 Å². The highest BCUT2D eigenvalue weighted by atomic mass is 16.5. The molecule has 2 N–H and O–H groups in total. The quantitative estimate of drug-likeness (QED) is 0.651. The Morgan fingerprint density at radius 2 is 2.11 bits per heavy atom. The Bertz CT molecular complexity index is 861. The van der Waals surface area contributed by atoms with Gasteiger partial charge in [0.05, 0.1) is 7.11 Å². The highest BCUT2D eigenvalue weighted by Crippen LogP contribution is 2.31. The third kappa shape index (κ3) is 5.67. The van der Waals surface area contributed by atoms with Gasteiger partial charge in [0.2, 0.25) is 5.91 Å². The second-order valence-electron chi connectivity index (χ2n) is 6.14. The van der Waals surface area contributed by atoms with E-state index in [0.29, 0.717) is 29.5 Å². The van der Waals surface area contributed by atoms with Crippen molar-refractivity contribution >= 4 is 5.91 Å². The summed E-state index contributed by atoms with van der Waals surface area (Å²) in [5, 5.41) is 10.8. The number of aryl methyl sites for hydroxylation is 1. The summed E-state index contributed by atoms with van der Waals surface area (Å²) in [6, 6.07) is 5.23. The van der Waals surface area contributed by atoms with Crippen molar-refractivity contribution in [1.29, 1.82) is 0 Å². The number of aromatic amines is 1. The highest BCUT2D eigenvalue weighted by molar-refractivity contribution is 5.76. The van der Waals surface area contributed by atoms with Crippen LogP contribution in [0.15, 0.2) is 35.6 Å². The van der Waals surface area contributed by atoms with E-state index >= 15 is 0 Å². The zero-order valence-corrected chi connectivity index (χ0v) is 15.7. The van der Waals surface area contributed by atoms with E-state index < -0.39 is 0 Å². The largest absolute Gasteiger partial charge is 0.493 e. The third-order valence-electron chi connectivity index (χ3n) is 3.60. The van der Waals surface area contributed by atoms with Crippen LogP contribution in [0.3, 0.4) is 0 Å². The van der Waals surface area contributed by atoms with E-state index in [-0.39, 0.29) is 36.0 Å². The molecule has 0 atom stereocenters. The number of nitrogens with one attached hydrogen (secondary N) is 2. The summed E-state index contributed by atoms with van der Waals surface area (Å²) in [5.74, 6) is 1.25. The lowest BCUT2D eigenvalue weighted by atomic mass is 10.2. The van der Waals surface area contributed by atoms with Crippen molar-refractivity contribution < 1.29 is 14.3 Å². The Hall–Kier alpha value is -3.16. The van der Waals surface area contributed by atoms with E-state index in [0.717, 1.165) is 0 Å². The molecular weight excluding hydrogens is 348 g/mol. The summed E-state index contributed by atoms with van der Waals surface area (Å²) in [4.78, 5) is 26.7. The summed E-state index contributed by atoms with van der Waals surface area (Å²) in [5.41, 5.74) is 0.477. The predicted octanol–water partition coefficient (Wildman–Crippen LogP) is 1.86. The minimum absolute atomic E-state index is 0.0534. The molecule has 8 nitrogen and oxygen atoms in total. The minimum Gasteiger partial charge on any atom is -0.493 e. The minimum atomic E-state index is -0.372. The van der Waals surface area contributed by atoms with Crippen LogP contribution in [0.5, 0.6) is 11.5 Å². The van der Waals surface area contributed by atoms with Gasteiger partial charge in [-0.05, 0) is 32.0 Å². The van der Waals surface area contributed by atoms with Crippen LogP contribution in [0.1, 0.15) is 26.0 Å². The smallest absolute Gasteiger partial charge is 0.273 e. The maximum absolute atomic E-state index is 12.3. The molecule has 1 aromatic heterocycles. The van der Waals surface area contributed by atoms with E-state index in [1.807, 2.05) is 13.8 Å². The van der Waals surface area contributed by atoms with Crippen molar-refractivity contribution in [3.63, 3.8) is 0 Å². The molecule has 1 amide bonds. The SMILES string of the molecule is C=CCOc1ccc(-c2nnc(CCC(=O)NC(C)C)c(=O)[nH]2)cc1OC. The molecule has 0 spiro atoms. The number of rotatable bonds is 9. The van der Waals surface area contributed by atoms with Gasteiger partial charge in [-0.2, -0.15) is 0 Å². The Morgan fingerprint density at radius 1 is 1.33 bits per heavy atom. The molecule has 0 fully saturated rings. The number of hydrogen-bond donors (Lipinski definition) is 2. The van der Waals surface area contributed by atoms with Gasteiger partial charge in [0.1, 0.15) is 12.3 Å². The van der Waals surface area contributed by atoms with Gasteiger partial charge in [-0.15, -0.1) is 10.2 Å². The number of carbonyl (C=O) groups is 1. The van der Waals surface area contributed by atoms with Gasteiger partial charge in [0.25, 0.3) is 5.56 Å². The van der Waals surface area contributed by atoms with Crippen molar-refractivity contribution in [1.82, 2.24) is 20.5 Å². The zero-order chi connectivity index (χ0) is 19.8. The fraction of sp³-hybridized carbons (Fsp3) is 0.368. The molecule has 144 valence electrons. The van der Waals surface area contributed by atoms with Crippen LogP contribution in [0.2, 0.25) is 0 Å². The molecule has 0 saturated heterocycles. The molecule has 0 aliphatic rings. The first-order valence-electron chi connectivity index (χ1n) is 8.62. The molecule has 0 radical (unpaired) electrons. The maximum Gasteiger partial charge on any atom is 0.273 e. The molecule has 27 heavy (non-hydrogen) atoms. The fourth-order valence-corrected chi connectivity index (χ4v) is 2.36. The first kappa shape index (κ1) is 20.2. The molecule has 8 heteroatoms. The molecule has 0 saturated carbocycles. The summed E-state index contributed by atoms with van der Waals surface area (Å²) in [6.45, 7) is 7.71. The van der Waals surface area contributed by atoms with Gasteiger partial charge >= 0.3 is 0 Å². The first-order valence-corrected chi connectivity index (χ1v) is 8.62. The second-order valence-corrected chi connectivity index (χ2v) is 6.14. The summed E-state index contributed by atoms with van der Waals surface area (Å²) >= 11 is 0. The van der Waals surface area contributed by atoms with Gasteiger partial charge in [-0.25, -0.2) is 0 Å². The standard InChI is InChI=1S/C19H24N4O4/c1-5-10-27-15-8-6-13(11-16(15)26-4)18-21-19(25)14(22-23-18)7-9-17(24)20-12(2)3/h5-6,8,11-12H,1,7,9-10H2,2-4H3,(H,20,24)(H,21,23,25). The molecule has 0 unspecified atom stereocenters. The highest BCUT2D eigenvalue weighted by Gasteiger charge is 2.12. The summed E-state index contributed by atoms with van der Waals surface area (Å²) < 4.78 is 10.8. The number of methoxy groups -OCH3 is 1. The van der Waals surface area contributed by atoms with Crippen molar-refractivity contribution in [3.8, 4) is 22.9 Å². The average Bonchev–Trinajstić information content (AvgIpc) is 2.64. The predicted molar refractivity (Wildman–Crippen MR) is 102 cm³/mol. The monoisotopic (exact) mass is 372 g/mol. The zero-order valence-electron chi connectivity index (χ0n) is 15.7. The summed E-state index contributed by atoms with van der Waals surface area (Å²) in [6.07, 6.45) is 2.04. The number of carbonyl (C=O) groups excluding carboxylic acids is 1. The molecule has 0 aliphatic carbocycles. The number of benzene rings is 1. The molecule has 1 aromatic carbocycles. The molecule has 1 heterocycles. The van der Waals surface area contributed by atoms with Crippen LogP contribution in [0.4, 0.5) is 0 Å². The van der Waals surface area contributed by atoms with Crippen LogP contribution in [0, 0.1) is 0 Å². The molecule has 0 bridgehead atoms. The van der Waals surface area contributed by atoms with Gasteiger partial charge in [-0.1, -0.05) is 12.7 Å². The second kappa shape index (κ2) is 9.51. The topological polar surface area (TPSA) is 106 Å². The normalized spacial score (nSPS) is 10.5. The van der Waals surface area contributed by atoms with Crippen LogP contribution in [-0.2, 0) is 11.2 Å². The number of nitrogens with zero attached hydrogens (tertiary/aromatic N) is 2. The Balaban J connectivity index is 2.16. The van der Waals surface area contributed by atoms with E-state index in [2.05, 4.69) is 27.1 Å². The van der Waals surface area contributed by atoms with E-state index in [1.165, 1.54) is 7.11 Å². The molecule has 2 rings (SSSR count). The van der Waals surface area contributed by atoms with Crippen LogP contribution in [-0.4, -0.2) is 40.8 Å². The van der Waals surface area contributed by atoms with E-state index in [9.17, 15) is 9.59 Å². The fourth-order valence-electron chi connectivity index (χ4n) is 2.36. The Labute approximate surface area is 157 Å². The van der Waals surface area contributed by atoms with Gasteiger partial charge in [0.15, 0.2) is 17.3 Å². The number of amides is 1. The van der Waals surface area contributed by atoms with E-state index in [1.54, 1.807) is 24.3 Å². The first-order chi connectivity index (χ1) is 12.9. The molecular formula is C19H24N4O4. The van der Waals surface area contributed by atoms with E-state index in [4.69, 9.17) is 9.47 Å². The van der Waals surface area contributed by atoms with Gasteiger partial charge in [-0.3, -0.25) is 9.59 Å². The third-order valence-corrected chi connectivity index (χ3v) is 3.60. The number of ether oxygens (including phenoxy) is 2. The van der Waals surface area contributed by atoms with Gasteiger partial charge in [0, 0.05) is 24.4 Å². The maximum atomic E-state index is 12.3. The van der Waals surface area contributed by atoms with Crippen molar-refractivity contribution in [2.45, 2.75) is 32.7 Å². The van der Waals surface area contributed by atoms with Crippen molar-refractivity contribution in [2.75, 3.05) is 13.7 Å². The molecule has 0 aliphatic heterocycles.